The van der Waals surface area contributed by atoms with Gasteiger partial charge in [0.2, 0.25) is 5.91 Å². The summed E-state index contributed by atoms with van der Waals surface area (Å²) in [5.41, 5.74) is 0.697. The van der Waals surface area contributed by atoms with Crippen molar-refractivity contribution in [3.8, 4) is 0 Å². The highest BCUT2D eigenvalue weighted by Gasteiger charge is 2.33. The molecule has 1 aromatic rings. The van der Waals surface area contributed by atoms with Crippen LogP contribution in [0.1, 0.15) is 16.8 Å². The summed E-state index contributed by atoms with van der Waals surface area (Å²) >= 11 is 0. The number of carbonyl (C=O) groups excluding carboxylic acids is 2. The van der Waals surface area contributed by atoms with E-state index in [1.165, 1.54) is 0 Å². The van der Waals surface area contributed by atoms with Crippen LogP contribution in [0.25, 0.3) is 0 Å². The molecule has 0 spiro atoms. The predicted octanol–water partition coefficient (Wildman–Crippen LogP) is 0.593. The van der Waals surface area contributed by atoms with Crippen LogP contribution in [-0.4, -0.2) is 31.3 Å². The molecule has 0 radical (unpaired) electrons. The lowest BCUT2D eigenvalue weighted by Crippen LogP contribution is -2.30. The van der Waals surface area contributed by atoms with Crippen LogP contribution in [0, 0.1) is 5.92 Å². The van der Waals surface area contributed by atoms with Crippen molar-refractivity contribution in [2.24, 2.45) is 5.92 Å². The van der Waals surface area contributed by atoms with Gasteiger partial charge in [0.25, 0.3) is 0 Å². The third kappa shape index (κ3) is 2.53. The third-order valence-corrected chi connectivity index (χ3v) is 3.12. The zero-order chi connectivity index (χ0) is 12.3. The van der Waals surface area contributed by atoms with E-state index in [0.717, 1.165) is 0 Å². The molecule has 1 heterocycles. The van der Waals surface area contributed by atoms with Crippen molar-refractivity contribution in [3.63, 3.8) is 0 Å². The van der Waals surface area contributed by atoms with Crippen LogP contribution >= 0.6 is 0 Å². The van der Waals surface area contributed by atoms with Crippen molar-refractivity contribution >= 4 is 11.7 Å². The van der Waals surface area contributed by atoms with E-state index >= 15 is 0 Å². The average molecular weight is 232 g/mol. The summed E-state index contributed by atoms with van der Waals surface area (Å²) in [6.07, 6.45) is 0.577. The Morgan fingerprint density at radius 3 is 2.65 bits per heavy atom. The molecule has 2 unspecified atom stereocenters. The maximum atomic E-state index is 12.1. The monoisotopic (exact) mass is 232 g/mol. The molecule has 1 aromatic carbocycles. The Balaban J connectivity index is 2.02. The van der Waals surface area contributed by atoms with Gasteiger partial charge in [0.1, 0.15) is 0 Å². The van der Waals surface area contributed by atoms with Crippen molar-refractivity contribution in [3.05, 3.63) is 35.9 Å². The van der Waals surface area contributed by atoms with E-state index in [2.05, 4.69) is 10.6 Å². The highest BCUT2D eigenvalue weighted by atomic mass is 16.2. The molecule has 2 atom stereocenters. The number of Topliss-reactive ketones (excluding diaryl/α,β-unsaturated/α-hetero) is 1. The number of ketones is 1. The Morgan fingerprint density at radius 2 is 2.00 bits per heavy atom. The van der Waals surface area contributed by atoms with Gasteiger partial charge in [0.05, 0.1) is 12.0 Å². The zero-order valence-electron chi connectivity index (χ0n) is 9.77. The Labute approximate surface area is 100 Å². The molecule has 4 nitrogen and oxygen atoms in total. The number of amides is 1. The second-order valence-corrected chi connectivity index (χ2v) is 4.24. The fourth-order valence-electron chi connectivity index (χ4n) is 2.14. The van der Waals surface area contributed by atoms with Gasteiger partial charge in [-0.05, 0) is 6.42 Å². The maximum absolute atomic E-state index is 12.1. The molecule has 2 rings (SSSR count). The van der Waals surface area contributed by atoms with E-state index in [4.69, 9.17) is 0 Å². The van der Waals surface area contributed by atoms with Crippen molar-refractivity contribution in [2.45, 2.75) is 12.5 Å². The van der Waals surface area contributed by atoms with E-state index in [1.54, 1.807) is 19.2 Å². The van der Waals surface area contributed by atoms with Gasteiger partial charge in [0.15, 0.2) is 5.78 Å². The Morgan fingerprint density at radius 1 is 1.29 bits per heavy atom. The van der Waals surface area contributed by atoms with Crippen LogP contribution in [0.2, 0.25) is 0 Å². The second-order valence-electron chi connectivity index (χ2n) is 4.24. The molecular weight excluding hydrogens is 216 g/mol. The van der Waals surface area contributed by atoms with E-state index < -0.39 is 0 Å². The Hall–Kier alpha value is -1.68. The van der Waals surface area contributed by atoms with E-state index in [0.29, 0.717) is 18.5 Å². The van der Waals surface area contributed by atoms with Crippen LogP contribution in [0.4, 0.5) is 0 Å². The lowest BCUT2D eigenvalue weighted by Gasteiger charge is -2.09. The highest BCUT2D eigenvalue weighted by molar-refractivity contribution is 6.00. The standard InChI is InChI=1S/C13H16N2O2/c1-14-13(17)10-7-11(15-8-10)12(16)9-5-3-2-4-6-9/h2-6,10-11,15H,7-8H2,1H3,(H,14,17). The molecule has 4 heteroatoms. The van der Waals surface area contributed by atoms with Crippen LogP contribution in [0.15, 0.2) is 30.3 Å². The lowest BCUT2D eigenvalue weighted by molar-refractivity contribution is -0.123. The van der Waals surface area contributed by atoms with Gasteiger partial charge in [0, 0.05) is 19.2 Å². The fourth-order valence-corrected chi connectivity index (χ4v) is 2.14. The summed E-state index contributed by atoms with van der Waals surface area (Å²) in [6.45, 7) is 0.572. The van der Waals surface area contributed by atoms with Gasteiger partial charge in [-0.2, -0.15) is 0 Å². The summed E-state index contributed by atoms with van der Waals surface area (Å²) in [7, 11) is 1.62. The van der Waals surface area contributed by atoms with Crippen LogP contribution in [0.5, 0.6) is 0 Å². The summed E-state index contributed by atoms with van der Waals surface area (Å²) in [4.78, 5) is 23.6. The second kappa shape index (κ2) is 5.10. The molecule has 1 aliphatic heterocycles. The van der Waals surface area contributed by atoms with Crippen molar-refractivity contribution in [1.82, 2.24) is 10.6 Å². The minimum atomic E-state index is -0.236. The SMILES string of the molecule is CNC(=O)C1CNC(C(=O)c2ccccc2)C1. The van der Waals surface area contributed by atoms with Gasteiger partial charge < -0.3 is 10.6 Å². The first-order chi connectivity index (χ1) is 8.22. The van der Waals surface area contributed by atoms with E-state index in [-0.39, 0.29) is 23.7 Å². The van der Waals surface area contributed by atoms with Gasteiger partial charge in [-0.15, -0.1) is 0 Å². The smallest absolute Gasteiger partial charge is 0.224 e. The molecule has 1 saturated heterocycles. The Kier molecular flexibility index (Phi) is 3.54. The molecule has 17 heavy (non-hydrogen) atoms. The summed E-state index contributed by atoms with van der Waals surface area (Å²) < 4.78 is 0. The minimum Gasteiger partial charge on any atom is -0.359 e. The quantitative estimate of drug-likeness (QED) is 0.750. The number of hydrogen-bond acceptors (Lipinski definition) is 3. The van der Waals surface area contributed by atoms with Crippen molar-refractivity contribution < 1.29 is 9.59 Å². The van der Waals surface area contributed by atoms with Gasteiger partial charge in [-0.1, -0.05) is 30.3 Å². The summed E-state index contributed by atoms with van der Waals surface area (Å²) in [6, 6.07) is 8.94. The minimum absolute atomic E-state index is 0.000798. The van der Waals surface area contributed by atoms with Crippen molar-refractivity contribution in [1.29, 1.82) is 0 Å². The van der Waals surface area contributed by atoms with Crippen LogP contribution < -0.4 is 10.6 Å². The van der Waals surface area contributed by atoms with E-state index in [9.17, 15) is 9.59 Å². The highest BCUT2D eigenvalue weighted by Crippen LogP contribution is 2.17. The van der Waals surface area contributed by atoms with Gasteiger partial charge in [-0.25, -0.2) is 0 Å². The zero-order valence-corrected chi connectivity index (χ0v) is 9.77. The number of hydrogen-bond donors (Lipinski definition) is 2. The molecule has 0 aliphatic carbocycles. The normalized spacial score (nSPS) is 23.4. The molecule has 0 saturated carbocycles. The van der Waals surface area contributed by atoms with Crippen LogP contribution in [-0.2, 0) is 4.79 Å². The Bertz CT molecular complexity index is 417. The molecule has 0 aromatic heterocycles. The third-order valence-electron chi connectivity index (χ3n) is 3.12. The number of carbonyl (C=O) groups is 2. The average Bonchev–Trinajstić information content (AvgIpc) is 2.87. The molecular formula is C13H16N2O2. The molecule has 90 valence electrons. The molecule has 2 N–H and O–H groups in total. The molecule has 1 amide bonds. The first kappa shape index (κ1) is 11.8. The number of rotatable bonds is 3. The van der Waals surface area contributed by atoms with Crippen molar-refractivity contribution in [2.75, 3.05) is 13.6 Å². The van der Waals surface area contributed by atoms with E-state index in [1.807, 2.05) is 18.2 Å². The van der Waals surface area contributed by atoms with Gasteiger partial charge >= 0.3 is 0 Å². The fraction of sp³-hybridized carbons (Fsp3) is 0.385. The molecule has 0 bridgehead atoms. The van der Waals surface area contributed by atoms with Crippen LogP contribution in [0.3, 0.4) is 0 Å². The first-order valence-electron chi connectivity index (χ1n) is 5.76. The molecule has 1 fully saturated rings. The molecule has 1 aliphatic rings. The number of benzene rings is 1. The summed E-state index contributed by atoms with van der Waals surface area (Å²) in [5.74, 6) is -0.0319. The topological polar surface area (TPSA) is 58.2 Å². The number of nitrogens with one attached hydrogen (secondary N) is 2. The maximum Gasteiger partial charge on any atom is 0.224 e. The first-order valence-corrected chi connectivity index (χ1v) is 5.76. The predicted molar refractivity (Wildman–Crippen MR) is 64.7 cm³/mol. The largest absolute Gasteiger partial charge is 0.359 e. The lowest BCUT2D eigenvalue weighted by atomic mass is 9.98. The summed E-state index contributed by atoms with van der Waals surface area (Å²) in [5, 5.41) is 5.73. The van der Waals surface area contributed by atoms with Gasteiger partial charge in [-0.3, -0.25) is 9.59 Å².